The first-order chi connectivity index (χ1) is 18.7. The molecule has 0 spiro atoms. The lowest BCUT2D eigenvalue weighted by molar-refractivity contribution is -0.143. The number of nitrogens with zero attached hydrogens (tertiary/aromatic N) is 1. The summed E-state index contributed by atoms with van der Waals surface area (Å²) in [5.74, 6) is -5.77. The largest absolute Gasteiger partial charge is 0.508 e. The molecule has 3 amide bonds. The van der Waals surface area contributed by atoms with E-state index >= 15 is 0 Å². The van der Waals surface area contributed by atoms with Crippen molar-refractivity contribution in [1.82, 2.24) is 16.0 Å². The molecule has 5 unspecified atom stereocenters. The molecule has 15 heteroatoms. The third-order valence-corrected chi connectivity index (χ3v) is 6.14. The van der Waals surface area contributed by atoms with E-state index in [9.17, 15) is 39.3 Å². The average molecular weight is 566 g/mol. The monoisotopic (exact) mass is 565 g/mol. The van der Waals surface area contributed by atoms with Gasteiger partial charge in [-0.25, -0.2) is 4.79 Å². The van der Waals surface area contributed by atoms with Crippen LogP contribution in [0.25, 0.3) is 0 Å². The second kappa shape index (κ2) is 16.5. The summed E-state index contributed by atoms with van der Waals surface area (Å²) in [4.78, 5) is 65.8. The van der Waals surface area contributed by atoms with E-state index in [2.05, 4.69) is 20.9 Å². The molecule has 0 saturated carbocycles. The van der Waals surface area contributed by atoms with Crippen molar-refractivity contribution >= 4 is 35.6 Å². The number of phenolic OH excluding ortho intramolecular Hbond substituents is 1. The number of hydrogen-bond donors (Lipinski definition) is 9. The molecule has 5 atom stereocenters. The van der Waals surface area contributed by atoms with E-state index in [0.717, 1.165) is 0 Å². The molecule has 0 aromatic heterocycles. The minimum atomic E-state index is -1.66. The lowest BCUT2D eigenvalue weighted by Gasteiger charge is -2.25. The van der Waals surface area contributed by atoms with Gasteiger partial charge in [0.25, 0.3) is 0 Å². The molecule has 222 valence electrons. The van der Waals surface area contributed by atoms with Crippen LogP contribution in [0.2, 0.25) is 0 Å². The molecule has 15 nitrogen and oxygen atoms in total. The van der Waals surface area contributed by atoms with Crippen LogP contribution in [-0.2, 0) is 30.4 Å². The number of carbonyl (C=O) groups is 5. The third kappa shape index (κ3) is 12.0. The maximum Gasteiger partial charge on any atom is 0.326 e. The number of nitrogens with two attached hydrogens (primary N) is 3. The van der Waals surface area contributed by atoms with Crippen molar-refractivity contribution in [1.29, 1.82) is 0 Å². The Labute approximate surface area is 231 Å². The average Bonchev–Trinajstić information content (AvgIpc) is 2.89. The summed E-state index contributed by atoms with van der Waals surface area (Å²) >= 11 is 0. The highest BCUT2D eigenvalue weighted by Gasteiger charge is 2.32. The molecule has 40 heavy (non-hydrogen) atoms. The van der Waals surface area contributed by atoms with E-state index in [0.29, 0.717) is 12.0 Å². The van der Waals surface area contributed by atoms with Gasteiger partial charge in [-0.3, -0.25) is 24.2 Å². The number of rotatable bonds is 17. The Kier molecular flexibility index (Phi) is 13.9. The Morgan fingerprint density at radius 2 is 1.45 bits per heavy atom. The molecule has 0 fully saturated rings. The van der Waals surface area contributed by atoms with E-state index < -0.39 is 60.2 Å². The highest BCUT2D eigenvalue weighted by molar-refractivity contribution is 5.95. The van der Waals surface area contributed by atoms with Gasteiger partial charge in [-0.15, -0.1) is 0 Å². The molecule has 12 N–H and O–H groups in total. The fraction of sp³-hybridized carbons (Fsp3) is 0.520. The Morgan fingerprint density at radius 1 is 0.900 bits per heavy atom. The molecule has 0 aliphatic heterocycles. The van der Waals surface area contributed by atoms with Crippen molar-refractivity contribution in [2.24, 2.45) is 28.1 Å². The van der Waals surface area contributed by atoms with Crippen LogP contribution in [0.4, 0.5) is 0 Å². The molecule has 0 saturated heterocycles. The van der Waals surface area contributed by atoms with Crippen LogP contribution in [0.15, 0.2) is 29.3 Å². The van der Waals surface area contributed by atoms with Crippen molar-refractivity contribution in [3.8, 4) is 5.75 Å². The van der Waals surface area contributed by atoms with Gasteiger partial charge < -0.3 is 48.5 Å². The lowest BCUT2D eigenvalue weighted by Crippen LogP contribution is -2.58. The SMILES string of the molecule is CCC(C)C(N)C(=O)NC(CCCN=C(N)N)C(=O)NC(CC(=O)O)C(=O)NC(Cc1ccc(O)cc1)C(=O)O. The minimum absolute atomic E-state index is 0.0294. The first kappa shape index (κ1) is 33.6. The number of amides is 3. The Balaban J connectivity index is 3.08. The smallest absolute Gasteiger partial charge is 0.326 e. The van der Waals surface area contributed by atoms with Gasteiger partial charge in [0.2, 0.25) is 17.7 Å². The molecule has 0 aliphatic carbocycles. The second-order valence-corrected chi connectivity index (χ2v) is 9.35. The van der Waals surface area contributed by atoms with Crippen molar-refractivity contribution in [3.05, 3.63) is 29.8 Å². The summed E-state index contributed by atoms with van der Waals surface area (Å²) in [5, 5.41) is 35.4. The van der Waals surface area contributed by atoms with E-state index in [1.165, 1.54) is 24.3 Å². The maximum atomic E-state index is 13.1. The molecule has 0 heterocycles. The standard InChI is InChI=1S/C25H39N7O8/c1-3-13(2)20(26)23(38)30-16(5-4-10-29-25(27)28)21(36)31-17(12-19(34)35)22(37)32-18(24(39)40)11-14-6-8-15(33)9-7-14/h6-9,13,16-18,20,33H,3-5,10-12,26H2,1-2H3,(H,30,38)(H,31,36)(H,32,37)(H,34,35)(H,39,40)(H4,27,28,29). The van der Waals surface area contributed by atoms with Crippen LogP contribution in [0.1, 0.15) is 45.1 Å². The fourth-order valence-electron chi connectivity index (χ4n) is 3.55. The summed E-state index contributed by atoms with van der Waals surface area (Å²) in [5.41, 5.74) is 17.1. The summed E-state index contributed by atoms with van der Waals surface area (Å²) in [7, 11) is 0. The molecule has 0 aliphatic rings. The Hall–Kier alpha value is -4.40. The summed E-state index contributed by atoms with van der Waals surface area (Å²) in [6, 6.07) is 0.360. The predicted octanol–water partition coefficient (Wildman–Crippen LogP) is -1.62. The number of aromatic hydroxyl groups is 1. The van der Waals surface area contributed by atoms with Gasteiger partial charge in [-0.05, 0) is 36.5 Å². The summed E-state index contributed by atoms with van der Waals surface area (Å²) in [6.45, 7) is 3.75. The summed E-state index contributed by atoms with van der Waals surface area (Å²) < 4.78 is 0. The number of carboxylic acid groups (broad SMARTS) is 2. The van der Waals surface area contributed by atoms with Crippen LogP contribution in [0, 0.1) is 5.92 Å². The van der Waals surface area contributed by atoms with Gasteiger partial charge in [0.1, 0.15) is 23.9 Å². The van der Waals surface area contributed by atoms with Gasteiger partial charge in [0.05, 0.1) is 12.5 Å². The van der Waals surface area contributed by atoms with Crippen molar-refractivity contribution in [2.75, 3.05) is 6.54 Å². The Morgan fingerprint density at radius 3 is 1.98 bits per heavy atom. The van der Waals surface area contributed by atoms with Gasteiger partial charge in [-0.2, -0.15) is 0 Å². The number of aliphatic imine (C=N–C) groups is 1. The third-order valence-electron chi connectivity index (χ3n) is 6.14. The number of phenols is 1. The summed E-state index contributed by atoms with van der Waals surface area (Å²) in [6.07, 6.45) is -0.151. The number of carboxylic acids is 2. The molecular weight excluding hydrogens is 526 g/mol. The minimum Gasteiger partial charge on any atom is -0.508 e. The molecule has 1 aromatic carbocycles. The maximum absolute atomic E-state index is 13.1. The number of benzene rings is 1. The van der Waals surface area contributed by atoms with Gasteiger partial charge in [0, 0.05) is 13.0 Å². The highest BCUT2D eigenvalue weighted by atomic mass is 16.4. The number of guanidine groups is 1. The highest BCUT2D eigenvalue weighted by Crippen LogP contribution is 2.12. The molecule has 0 bridgehead atoms. The number of nitrogens with one attached hydrogen (secondary N) is 3. The van der Waals surface area contributed by atoms with Crippen molar-refractivity contribution in [2.45, 2.75) is 70.1 Å². The van der Waals surface area contributed by atoms with Crippen LogP contribution >= 0.6 is 0 Å². The zero-order chi connectivity index (χ0) is 30.4. The van der Waals surface area contributed by atoms with E-state index in [-0.39, 0.29) is 43.4 Å². The first-order valence-electron chi connectivity index (χ1n) is 12.7. The Bertz CT molecular complexity index is 1060. The topological polar surface area (TPSA) is 273 Å². The van der Waals surface area contributed by atoms with Crippen LogP contribution in [0.3, 0.4) is 0 Å². The normalized spacial score (nSPS) is 14.5. The quantitative estimate of drug-likeness (QED) is 0.0587. The van der Waals surface area contributed by atoms with Crippen molar-refractivity contribution < 1.29 is 39.3 Å². The first-order valence-corrected chi connectivity index (χ1v) is 12.7. The number of aliphatic carboxylic acids is 2. The fourth-order valence-corrected chi connectivity index (χ4v) is 3.55. The van der Waals surface area contributed by atoms with Crippen LogP contribution < -0.4 is 33.2 Å². The van der Waals surface area contributed by atoms with Crippen molar-refractivity contribution in [3.63, 3.8) is 0 Å². The van der Waals surface area contributed by atoms with Crippen LogP contribution in [0.5, 0.6) is 5.75 Å². The second-order valence-electron chi connectivity index (χ2n) is 9.35. The lowest BCUT2D eigenvalue weighted by atomic mass is 9.98. The van der Waals surface area contributed by atoms with Crippen LogP contribution in [-0.4, -0.2) is 81.7 Å². The molecular formula is C25H39N7O8. The number of carbonyl (C=O) groups excluding carboxylic acids is 3. The molecule has 0 radical (unpaired) electrons. The van der Waals surface area contributed by atoms with Gasteiger partial charge in [0.15, 0.2) is 5.96 Å². The predicted molar refractivity (Wildman–Crippen MR) is 145 cm³/mol. The van der Waals surface area contributed by atoms with E-state index in [4.69, 9.17) is 17.2 Å². The number of hydrogen-bond acceptors (Lipinski definition) is 8. The van der Waals surface area contributed by atoms with E-state index in [1.54, 1.807) is 6.92 Å². The molecule has 1 rings (SSSR count). The van der Waals surface area contributed by atoms with E-state index in [1.807, 2.05) is 6.92 Å². The van der Waals surface area contributed by atoms with Gasteiger partial charge >= 0.3 is 11.9 Å². The zero-order valence-corrected chi connectivity index (χ0v) is 22.5. The van der Waals surface area contributed by atoms with Gasteiger partial charge in [-0.1, -0.05) is 32.4 Å². The zero-order valence-electron chi connectivity index (χ0n) is 22.5. The molecule has 1 aromatic rings.